The SMILES string of the molecule is CCOc1ccc(C(=O)N[C@@H]2CCOC[C@H]2OC)cc1Cl. The molecule has 116 valence electrons. The van der Waals surface area contributed by atoms with Crippen LogP contribution < -0.4 is 10.1 Å². The van der Waals surface area contributed by atoms with Gasteiger partial charge in [-0.1, -0.05) is 11.6 Å². The van der Waals surface area contributed by atoms with Crippen LogP contribution in [0.2, 0.25) is 5.02 Å². The molecule has 1 aromatic rings. The Hall–Kier alpha value is -1.30. The van der Waals surface area contributed by atoms with E-state index < -0.39 is 0 Å². The lowest BCUT2D eigenvalue weighted by Crippen LogP contribution is -2.49. The Labute approximate surface area is 129 Å². The number of rotatable bonds is 5. The standard InChI is InChI=1S/C15H20ClNO4/c1-3-21-13-5-4-10(8-11(13)16)15(18)17-12-6-7-20-9-14(12)19-2/h4-5,8,12,14H,3,6-7,9H2,1-2H3,(H,17,18)/t12-,14-/m1/s1. The Morgan fingerprint density at radius 1 is 1.52 bits per heavy atom. The number of ether oxygens (including phenoxy) is 3. The Bertz CT molecular complexity index is 495. The average molecular weight is 314 g/mol. The van der Waals surface area contributed by atoms with Crippen LogP contribution in [0.25, 0.3) is 0 Å². The van der Waals surface area contributed by atoms with Crippen LogP contribution in [-0.4, -0.2) is 45.0 Å². The summed E-state index contributed by atoms with van der Waals surface area (Å²) in [5, 5.41) is 3.40. The minimum atomic E-state index is -0.172. The highest BCUT2D eigenvalue weighted by Gasteiger charge is 2.27. The van der Waals surface area contributed by atoms with E-state index in [-0.39, 0.29) is 18.1 Å². The lowest BCUT2D eigenvalue weighted by Gasteiger charge is -2.31. The van der Waals surface area contributed by atoms with Crippen LogP contribution >= 0.6 is 11.6 Å². The summed E-state index contributed by atoms with van der Waals surface area (Å²) in [5.41, 5.74) is 0.504. The molecule has 1 aromatic carbocycles. The first-order valence-electron chi connectivity index (χ1n) is 6.99. The molecule has 1 aliphatic rings. The van der Waals surface area contributed by atoms with Gasteiger partial charge in [-0.25, -0.2) is 0 Å². The molecule has 1 aliphatic heterocycles. The smallest absolute Gasteiger partial charge is 0.251 e. The number of amides is 1. The minimum Gasteiger partial charge on any atom is -0.492 e. The first-order valence-corrected chi connectivity index (χ1v) is 7.37. The van der Waals surface area contributed by atoms with Gasteiger partial charge in [0.2, 0.25) is 0 Å². The van der Waals surface area contributed by atoms with Crippen LogP contribution in [0.5, 0.6) is 5.75 Å². The van der Waals surface area contributed by atoms with Gasteiger partial charge in [0, 0.05) is 19.3 Å². The van der Waals surface area contributed by atoms with Gasteiger partial charge in [0.05, 0.1) is 24.3 Å². The van der Waals surface area contributed by atoms with Crippen molar-refractivity contribution in [3.63, 3.8) is 0 Å². The third-order valence-corrected chi connectivity index (χ3v) is 3.71. The molecular weight excluding hydrogens is 294 g/mol. The molecule has 1 heterocycles. The number of hydrogen-bond acceptors (Lipinski definition) is 4. The molecule has 2 rings (SSSR count). The summed E-state index contributed by atoms with van der Waals surface area (Å²) in [6, 6.07) is 4.97. The molecule has 1 saturated heterocycles. The molecule has 1 amide bonds. The third-order valence-electron chi connectivity index (χ3n) is 3.42. The van der Waals surface area contributed by atoms with Gasteiger partial charge in [0.1, 0.15) is 11.9 Å². The molecule has 0 bridgehead atoms. The zero-order valence-electron chi connectivity index (χ0n) is 12.2. The molecule has 6 heteroatoms. The summed E-state index contributed by atoms with van der Waals surface area (Å²) in [6.45, 7) is 3.52. The molecular formula is C15H20ClNO4. The van der Waals surface area contributed by atoms with E-state index in [0.29, 0.717) is 36.2 Å². The lowest BCUT2D eigenvalue weighted by molar-refractivity contribution is -0.0479. The molecule has 0 unspecified atom stereocenters. The lowest BCUT2D eigenvalue weighted by atomic mass is 10.1. The van der Waals surface area contributed by atoms with Crippen molar-refractivity contribution in [2.75, 3.05) is 26.9 Å². The van der Waals surface area contributed by atoms with E-state index in [1.807, 2.05) is 6.92 Å². The second-order valence-electron chi connectivity index (χ2n) is 4.80. The van der Waals surface area contributed by atoms with Gasteiger partial charge < -0.3 is 19.5 Å². The van der Waals surface area contributed by atoms with Gasteiger partial charge in [-0.05, 0) is 31.5 Å². The number of nitrogens with one attached hydrogen (secondary N) is 1. The van der Waals surface area contributed by atoms with Crippen LogP contribution in [0.15, 0.2) is 18.2 Å². The van der Waals surface area contributed by atoms with Gasteiger partial charge in [0.25, 0.3) is 5.91 Å². The number of benzene rings is 1. The van der Waals surface area contributed by atoms with Crippen molar-refractivity contribution in [1.82, 2.24) is 5.32 Å². The number of halogens is 1. The van der Waals surface area contributed by atoms with Crippen molar-refractivity contribution in [2.24, 2.45) is 0 Å². The van der Waals surface area contributed by atoms with E-state index in [1.54, 1.807) is 25.3 Å². The third kappa shape index (κ3) is 4.09. The Morgan fingerprint density at radius 2 is 2.33 bits per heavy atom. The largest absolute Gasteiger partial charge is 0.492 e. The molecule has 21 heavy (non-hydrogen) atoms. The van der Waals surface area contributed by atoms with Crippen molar-refractivity contribution in [3.05, 3.63) is 28.8 Å². The monoisotopic (exact) mass is 313 g/mol. The first-order chi connectivity index (χ1) is 10.2. The predicted molar refractivity (Wildman–Crippen MR) is 80.1 cm³/mol. The van der Waals surface area contributed by atoms with E-state index in [4.69, 9.17) is 25.8 Å². The molecule has 2 atom stereocenters. The fourth-order valence-corrected chi connectivity index (χ4v) is 2.51. The van der Waals surface area contributed by atoms with E-state index in [0.717, 1.165) is 6.42 Å². The van der Waals surface area contributed by atoms with Crippen molar-refractivity contribution in [2.45, 2.75) is 25.5 Å². The highest BCUT2D eigenvalue weighted by atomic mass is 35.5. The zero-order valence-corrected chi connectivity index (χ0v) is 13.0. The number of hydrogen-bond donors (Lipinski definition) is 1. The normalized spacial score (nSPS) is 21.9. The quantitative estimate of drug-likeness (QED) is 0.906. The van der Waals surface area contributed by atoms with E-state index in [1.165, 1.54) is 0 Å². The van der Waals surface area contributed by atoms with Crippen LogP contribution in [0.3, 0.4) is 0 Å². The second-order valence-corrected chi connectivity index (χ2v) is 5.20. The van der Waals surface area contributed by atoms with E-state index >= 15 is 0 Å². The van der Waals surface area contributed by atoms with Crippen LogP contribution in [-0.2, 0) is 9.47 Å². The molecule has 0 aromatic heterocycles. The van der Waals surface area contributed by atoms with Gasteiger partial charge in [-0.15, -0.1) is 0 Å². The molecule has 0 radical (unpaired) electrons. The zero-order chi connectivity index (χ0) is 15.2. The molecule has 1 N–H and O–H groups in total. The molecule has 0 aliphatic carbocycles. The van der Waals surface area contributed by atoms with Crippen molar-refractivity contribution < 1.29 is 19.0 Å². The highest BCUT2D eigenvalue weighted by molar-refractivity contribution is 6.32. The van der Waals surface area contributed by atoms with Gasteiger partial charge >= 0.3 is 0 Å². The fraction of sp³-hybridized carbons (Fsp3) is 0.533. The maximum absolute atomic E-state index is 12.3. The maximum atomic E-state index is 12.3. The summed E-state index contributed by atoms with van der Waals surface area (Å²) in [7, 11) is 1.62. The van der Waals surface area contributed by atoms with Gasteiger partial charge in [-0.2, -0.15) is 0 Å². The molecule has 0 spiro atoms. The van der Waals surface area contributed by atoms with Gasteiger partial charge in [0.15, 0.2) is 0 Å². The van der Waals surface area contributed by atoms with Crippen molar-refractivity contribution >= 4 is 17.5 Å². The molecule has 1 fully saturated rings. The maximum Gasteiger partial charge on any atom is 0.251 e. The highest BCUT2D eigenvalue weighted by Crippen LogP contribution is 2.25. The van der Waals surface area contributed by atoms with E-state index in [9.17, 15) is 4.79 Å². The second kappa shape index (κ2) is 7.64. The summed E-state index contributed by atoms with van der Waals surface area (Å²) >= 11 is 6.10. The molecule has 5 nitrogen and oxygen atoms in total. The van der Waals surface area contributed by atoms with Crippen LogP contribution in [0.1, 0.15) is 23.7 Å². The fourth-order valence-electron chi connectivity index (χ4n) is 2.28. The number of methoxy groups -OCH3 is 1. The summed E-state index contributed by atoms with van der Waals surface area (Å²) in [5.74, 6) is 0.408. The van der Waals surface area contributed by atoms with Crippen molar-refractivity contribution in [3.8, 4) is 5.75 Å². The van der Waals surface area contributed by atoms with E-state index in [2.05, 4.69) is 5.32 Å². The topological polar surface area (TPSA) is 56.8 Å². The summed E-state index contributed by atoms with van der Waals surface area (Å²) in [6.07, 6.45) is 0.607. The van der Waals surface area contributed by atoms with Crippen molar-refractivity contribution in [1.29, 1.82) is 0 Å². The Morgan fingerprint density at radius 3 is 3.00 bits per heavy atom. The number of carbonyl (C=O) groups is 1. The number of carbonyl (C=O) groups excluding carboxylic acids is 1. The minimum absolute atomic E-state index is 0.0541. The summed E-state index contributed by atoms with van der Waals surface area (Å²) < 4.78 is 16.0. The molecule has 0 saturated carbocycles. The Balaban J connectivity index is 2.04. The van der Waals surface area contributed by atoms with Crippen LogP contribution in [0, 0.1) is 0 Å². The predicted octanol–water partition coefficient (Wildman–Crippen LogP) is 2.27. The Kier molecular flexibility index (Phi) is 5.85. The first kappa shape index (κ1) is 16.1. The van der Waals surface area contributed by atoms with Crippen LogP contribution in [0.4, 0.5) is 0 Å². The van der Waals surface area contributed by atoms with Gasteiger partial charge in [-0.3, -0.25) is 4.79 Å². The summed E-state index contributed by atoms with van der Waals surface area (Å²) in [4.78, 5) is 12.3. The average Bonchev–Trinajstić information content (AvgIpc) is 2.50.